The maximum Gasteiger partial charge on any atom is 0.255 e. The number of carbonyl (C=O) groups excluding carboxylic acids is 1. The molecule has 2 heterocycles. The zero-order valence-electron chi connectivity index (χ0n) is 13.2. The van der Waals surface area contributed by atoms with Crippen LogP contribution in [0.15, 0.2) is 48.8 Å². The molecule has 0 atom stereocenters. The molecule has 0 fully saturated rings. The van der Waals surface area contributed by atoms with Gasteiger partial charge in [0.05, 0.1) is 11.3 Å². The molecule has 0 aliphatic heterocycles. The van der Waals surface area contributed by atoms with Crippen LogP contribution in [0, 0.1) is 6.92 Å². The molecular weight excluding hydrogens is 290 g/mol. The van der Waals surface area contributed by atoms with E-state index >= 15 is 0 Å². The Hall–Kier alpha value is -2.82. The number of pyridine rings is 1. The summed E-state index contributed by atoms with van der Waals surface area (Å²) in [4.78, 5) is 16.6. The van der Waals surface area contributed by atoms with Gasteiger partial charge in [0.1, 0.15) is 18.0 Å². The number of nitrogens with one attached hydrogen (secondary N) is 1. The lowest BCUT2D eigenvalue weighted by atomic mass is 10.2. The Morgan fingerprint density at radius 2 is 2.09 bits per heavy atom. The summed E-state index contributed by atoms with van der Waals surface area (Å²) in [6.07, 6.45) is 3.90. The Labute approximate surface area is 134 Å². The van der Waals surface area contributed by atoms with Crippen molar-refractivity contribution in [1.29, 1.82) is 0 Å². The van der Waals surface area contributed by atoms with Crippen molar-refractivity contribution < 1.29 is 9.53 Å². The van der Waals surface area contributed by atoms with Crippen molar-refractivity contribution in [3.63, 3.8) is 0 Å². The molecule has 0 bridgehead atoms. The number of hydrogen-bond acceptors (Lipinski definition) is 3. The first-order valence-electron chi connectivity index (χ1n) is 7.62. The van der Waals surface area contributed by atoms with Crippen molar-refractivity contribution in [3.8, 4) is 5.75 Å². The van der Waals surface area contributed by atoms with Crippen molar-refractivity contribution in [2.45, 2.75) is 20.5 Å². The largest absolute Gasteiger partial charge is 0.486 e. The number of para-hydroxylation sites is 1. The third-order valence-corrected chi connectivity index (χ3v) is 3.57. The van der Waals surface area contributed by atoms with E-state index in [2.05, 4.69) is 10.3 Å². The Morgan fingerprint density at radius 3 is 2.87 bits per heavy atom. The fourth-order valence-corrected chi connectivity index (χ4v) is 2.46. The van der Waals surface area contributed by atoms with Crippen molar-refractivity contribution in [3.05, 3.63) is 65.6 Å². The predicted molar refractivity (Wildman–Crippen MR) is 88.7 cm³/mol. The van der Waals surface area contributed by atoms with E-state index in [4.69, 9.17) is 4.74 Å². The van der Waals surface area contributed by atoms with Crippen LogP contribution in [-0.2, 0) is 6.61 Å². The van der Waals surface area contributed by atoms with E-state index in [1.54, 1.807) is 12.1 Å². The zero-order valence-corrected chi connectivity index (χ0v) is 13.2. The number of ether oxygens (including phenoxy) is 1. The topological polar surface area (TPSA) is 55.6 Å². The maximum atomic E-state index is 12.1. The second kappa shape index (κ2) is 6.52. The number of hydrogen-bond donors (Lipinski definition) is 1. The fraction of sp³-hybridized carbons (Fsp3) is 0.222. The van der Waals surface area contributed by atoms with Gasteiger partial charge in [-0.05, 0) is 37.6 Å². The highest BCUT2D eigenvalue weighted by Gasteiger charge is 2.12. The molecule has 0 radical (unpaired) electrons. The van der Waals surface area contributed by atoms with Crippen molar-refractivity contribution in [2.24, 2.45) is 0 Å². The van der Waals surface area contributed by atoms with Crippen LogP contribution in [-0.4, -0.2) is 21.8 Å². The van der Waals surface area contributed by atoms with Gasteiger partial charge in [0.2, 0.25) is 0 Å². The Kier molecular flexibility index (Phi) is 4.28. The van der Waals surface area contributed by atoms with Crippen molar-refractivity contribution in [2.75, 3.05) is 6.54 Å². The molecule has 2 aromatic heterocycles. The molecule has 1 N–H and O–H groups in total. The number of carbonyl (C=O) groups is 1. The van der Waals surface area contributed by atoms with E-state index in [-0.39, 0.29) is 5.91 Å². The minimum atomic E-state index is -0.131. The van der Waals surface area contributed by atoms with Gasteiger partial charge in [0.25, 0.3) is 5.91 Å². The van der Waals surface area contributed by atoms with Crippen LogP contribution >= 0.6 is 0 Å². The second-order valence-electron chi connectivity index (χ2n) is 5.30. The van der Waals surface area contributed by atoms with Crippen molar-refractivity contribution >= 4 is 11.6 Å². The lowest BCUT2D eigenvalue weighted by molar-refractivity contribution is 0.0951. The van der Waals surface area contributed by atoms with Gasteiger partial charge in [-0.3, -0.25) is 4.79 Å². The molecular formula is C18H19N3O2. The van der Waals surface area contributed by atoms with Gasteiger partial charge >= 0.3 is 0 Å². The number of benzene rings is 1. The van der Waals surface area contributed by atoms with E-state index < -0.39 is 0 Å². The summed E-state index contributed by atoms with van der Waals surface area (Å²) in [5.41, 5.74) is 3.39. The molecule has 0 aliphatic rings. The number of rotatable bonds is 5. The summed E-state index contributed by atoms with van der Waals surface area (Å²) < 4.78 is 7.80. The van der Waals surface area contributed by atoms with Gasteiger partial charge in [-0.2, -0.15) is 0 Å². The fourth-order valence-electron chi connectivity index (χ4n) is 2.46. The second-order valence-corrected chi connectivity index (χ2v) is 5.30. The maximum absolute atomic E-state index is 12.1. The Balaban J connectivity index is 1.80. The van der Waals surface area contributed by atoms with E-state index in [1.807, 2.05) is 54.9 Å². The van der Waals surface area contributed by atoms with Gasteiger partial charge < -0.3 is 14.5 Å². The number of aromatic nitrogens is 2. The molecule has 5 nitrogen and oxygen atoms in total. The standard InChI is InChI=1S/C18H19N3O2/c1-3-19-18(22)15-8-4-5-9-16(15)23-12-14-11-21-10-6-7-13(2)17(21)20-14/h4-11H,3,12H2,1-2H3,(H,19,22). The number of nitrogens with zero attached hydrogens (tertiary/aromatic N) is 2. The molecule has 5 heteroatoms. The number of imidazole rings is 1. The summed E-state index contributed by atoms with van der Waals surface area (Å²) in [6, 6.07) is 11.2. The van der Waals surface area contributed by atoms with Crippen LogP contribution in [0.4, 0.5) is 0 Å². The van der Waals surface area contributed by atoms with E-state index in [0.717, 1.165) is 16.9 Å². The summed E-state index contributed by atoms with van der Waals surface area (Å²) in [5, 5.41) is 2.79. The lowest BCUT2D eigenvalue weighted by Gasteiger charge is -2.10. The molecule has 0 aliphatic carbocycles. The molecule has 23 heavy (non-hydrogen) atoms. The molecule has 3 aromatic rings. The third kappa shape index (κ3) is 3.18. The highest BCUT2D eigenvalue weighted by molar-refractivity contribution is 5.96. The van der Waals surface area contributed by atoms with E-state index in [1.165, 1.54) is 0 Å². The lowest BCUT2D eigenvalue weighted by Crippen LogP contribution is -2.23. The number of fused-ring (bicyclic) bond motifs is 1. The van der Waals surface area contributed by atoms with Gasteiger partial charge in [-0.1, -0.05) is 18.2 Å². The average molecular weight is 309 g/mol. The van der Waals surface area contributed by atoms with Crippen LogP contribution in [0.5, 0.6) is 5.75 Å². The molecule has 118 valence electrons. The van der Waals surface area contributed by atoms with Gasteiger partial charge in [-0.25, -0.2) is 4.98 Å². The van der Waals surface area contributed by atoms with Crippen LogP contribution in [0.1, 0.15) is 28.5 Å². The van der Waals surface area contributed by atoms with Crippen molar-refractivity contribution in [1.82, 2.24) is 14.7 Å². The quantitative estimate of drug-likeness (QED) is 0.788. The molecule has 1 aromatic carbocycles. The molecule has 0 saturated carbocycles. The van der Waals surface area contributed by atoms with Gasteiger partial charge in [-0.15, -0.1) is 0 Å². The first kappa shape index (κ1) is 15.1. The van der Waals surface area contributed by atoms with Crippen LogP contribution in [0.25, 0.3) is 5.65 Å². The highest BCUT2D eigenvalue weighted by atomic mass is 16.5. The molecule has 1 amide bonds. The number of aryl methyl sites for hydroxylation is 1. The first-order chi connectivity index (χ1) is 11.2. The first-order valence-corrected chi connectivity index (χ1v) is 7.62. The monoisotopic (exact) mass is 309 g/mol. The highest BCUT2D eigenvalue weighted by Crippen LogP contribution is 2.19. The average Bonchev–Trinajstić information content (AvgIpc) is 2.98. The predicted octanol–water partition coefficient (Wildman–Crippen LogP) is 2.97. The summed E-state index contributed by atoms with van der Waals surface area (Å²) in [7, 11) is 0. The Bertz CT molecular complexity index is 839. The third-order valence-electron chi connectivity index (χ3n) is 3.57. The smallest absolute Gasteiger partial charge is 0.255 e. The summed E-state index contributed by atoms with van der Waals surface area (Å²) in [5.74, 6) is 0.432. The van der Waals surface area contributed by atoms with Gasteiger partial charge in [0, 0.05) is 18.9 Å². The van der Waals surface area contributed by atoms with Crippen LogP contribution < -0.4 is 10.1 Å². The Morgan fingerprint density at radius 1 is 1.26 bits per heavy atom. The minimum absolute atomic E-state index is 0.131. The number of amides is 1. The SMILES string of the molecule is CCNC(=O)c1ccccc1OCc1cn2cccc(C)c2n1. The van der Waals surface area contributed by atoms with Crippen LogP contribution in [0.3, 0.4) is 0 Å². The summed E-state index contributed by atoms with van der Waals surface area (Å²) in [6.45, 7) is 4.81. The van der Waals surface area contributed by atoms with Crippen LogP contribution in [0.2, 0.25) is 0 Å². The molecule has 3 rings (SSSR count). The molecule has 0 spiro atoms. The molecule has 0 saturated heterocycles. The van der Waals surface area contributed by atoms with E-state index in [0.29, 0.717) is 24.5 Å². The molecule has 0 unspecified atom stereocenters. The normalized spacial score (nSPS) is 10.7. The van der Waals surface area contributed by atoms with Gasteiger partial charge in [0.15, 0.2) is 0 Å². The van der Waals surface area contributed by atoms with E-state index in [9.17, 15) is 4.79 Å². The summed E-state index contributed by atoms with van der Waals surface area (Å²) >= 11 is 0. The minimum Gasteiger partial charge on any atom is -0.486 e. The zero-order chi connectivity index (χ0) is 16.2.